The van der Waals surface area contributed by atoms with E-state index in [2.05, 4.69) is 0 Å². The maximum atomic E-state index is 11.3. The number of aromatic carboxylic acids is 1. The van der Waals surface area contributed by atoms with E-state index in [0.717, 1.165) is 6.54 Å². The topological polar surface area (TPSA) is 113 Å². The third-order valence-corrected chi connectivity index (χ3v) is 3.53. The number of benzene rings is 1. The highest BCUT2D eigenvalue weighted by atomic mass is 35.5. The average molecular weight is 361 g/mol. The van der Waals surface area contributed by atoms with E-state index < -0.39 is 12.1 Å². The minimum absolute atomic E-state index is 0. The molecule has 0 aromatic heterocycles. The van der Waals surface area contributed by atoms with Crippen LogP contribution in [0.3, 0.4) is 0 Å². The molecule has 0 saturated carbocycles. The van der Waals surface area contributed by atoms with Crippen LogP contribution < -0.4 is 5.73 Å². The molecule has 4 N–H and O–H groups in total. The number of nitrogen functional groups attached to an aromatic ring is 1. The van der Waals surface area contributed by atoms with Gasteiger partial charge in [0.2, 0.25) is 0 Å². The van der Waals surface area contributed by atoms with Crippen LogP contribution in [-0.4, -0.2) is 59.9 Å². The molecule has 0 radical (unpaired) electrons. The van der Waals surface area contributed by atoms with Gasteiger partial charge >= 0.3 is 11.9 Å². The first kappa shape index (κ1) is 22.2. The molecule has 0 aliphatic carbocycles. The van der Waals surface area contributed by atoms with Crippen molar-refractivity contribution in [2.24, 2.45) is 5.92 Å². The van der Waals surface area contributed by atoms with E-state index >= 15 is 0 Å². The van der Waals surface area contributed by atoms with E-state index in [1.54, 1.807) is 19.1 Å². The molecule has 1 heterocycles. The number of aliphatic hydroxyl groups excluding tert-OH is 1. The number of anilines is 1. The van der Waals surface area contributed by atoms with Gasteiger partial charge in [-0.1, -0.05) is 0 Å². The number of carbonyl (C=O) groups excluding carboxylic acids is 1. The lowest BCUT2D eigenvalue weighted by Crippen LogP contribution is -2.45. The van der Waals surface area contributed by atoms with Gasteiger partial charge in [0.1, 0.15) is 0 Å². The average Bonchev–Trinajstić information content (AvgIpc) is 2.51. The molecule has 1 saturated heterocycles. The highest BCUT2D eigenvalue weighted by Gasteiger charge is 2.32. The van der Waals surface area contributed by atoms with E-state index in [0.29, 0.717) is 25.3 Å². The molecule has 136 valence electrons. The fourth-order valence-corrected chi connectivity index (χ4v) is 2.21. The number of nitrogens with two attached hydrogens (primary N) is 1. The van der Waals surface area contributed by atoms with Gasteiger partial charge in [-0.15, -0.1) is 12.4 Å². The molecule has 1 aliphatic heterocycles. The maximum absolute atomic E-state index is 11.3. The van der Waals surface area contributed by atoms with E-state index in [-0.39, 0.29) is 29.9 Å². The molecule has 2 rings (SSSR count). The maximum Gasteiger partial charge on any atom is 0.335 e. The number of ether oxygens (including phenoxy) is 1. The highest BCUT2D eigenvalue weighted by Crippen LogP contribution is 2.17. The van der Waals surface area contributed by atoms with E-state index in [1.807, 2.05) is 11.9 Å². The quantitative estimate of drug-likeness (QED) is 0.549. The fourth-order valence-electron chi connectivity index (χ4n) is 2.21. The number of esters is 1. The molecule has 0 bridgehead atoms. The lowest BCUT2D eigenvalue weighted by Gasteiger charge is -2.32. The van der Waals surface area contributed by atoms with Gasteiger partial charge < -0.3 is 25.6 Å². The SMILES string of the molecule is CCOC(=O)C1CN(C)CCC1O.Cl.Nc1ccc(C(=O)O)cc1. The van der Waals surface area contributed by atoms with Crippen LogP contribution in [0.5, 0.6) is 0 Å². The van der Waals surface area contributed by atoms with E-state index in [1.165, 1.54) is 12.1 Å². The predicted octanol–water partition coefficient (Wildman–Crippen LogP) is 1.25. The van der Waals surface area contributed by atoms with Crippen LogP contribution in [0.1, 0.15) is 23.7 Å². The Morgan fingerprint density at radius 1 is 1.33 bits per heavy atom. The molecule has 1 fully saturated rings. The summed E-state index contributed by atoms with van der Waals surface area (Å²) in [6.45, 7) is 3.60. The number of halogens is 1. The first-order valence-electron chi connectivity index (χ1n) is 7.47. The minimum Gasteiger partial charge on any atom is -0.478 e. The lowest BCUT2D eigenvalue weighted by atomic mass is 9.95. The Balaban J connectivity index is 0.000000436. The summed E-state index contributed by atoms with van der Waals surface area (Å²) < 4.78 is 4.87. The zero-order valence-corrected chi connectivity index (χ0v) is 14.7. The van der Waals surface area contributed by atoms with Crippen molar-refractivity contribution in [2.45, 2.75) is 19.4 Å². The van der Waals surface area contributed by atoms with Crippen LogP contribution in [-0.2, 0) is 9.53 Å². The van der Waals surface area contributed by atoms with Crippen molar-refractivity contribution in [1.82, 2.24) is 4.90 Å². The third kappa shape index (κ3) is 7.16. The normalized spacial score (nSPS) is 20.1. The second kappa shape index (κ2) is 10.9. The van der Waals surface area contributed by atoms with Crippen molar-refractivity contribution in [1.29, 1.82) is 0 Å². The number of likely N-dealkylation sites (tertiary alicyclic amines) is 1. The monoisotopic (exact) mass is 360 g/mol. The van der Waals surface area contributed by atoms with Crippen LogP contribution >= 0.6 is 12.4 Å². The van der Waals surface area contributed by atoms with Crippen molar-refractivity contribution in [3.63, 3.8) is 0 Å². The summed E-state index contributed by atoms with van der Waals surface area (Å²) in [5.74, 6) is -1.57. The Kier molecular flexibility index (Phi) is 10.0. The number of hydrogen-bond donors (Lipinski definition) is 3. The second-order valence-corrected chi connectivity index (χ2v) is 5.40. The van der Waals surface area contributed by atoms with Gasteiger partial charge in [-0.25, -0.2) is 4.79 Å². The van der Waals surface area contributed by atoms with Gasteiger partial charge in [-0.2, -0.15) is 0 Å². The van der Waals surface area contributed by atoms with Gasteiger partial charge in [-0.3, -0.25) is 4.79 Å². The highest BCUT2D eigenvalue weighted by molar-refractivity contribution is 5.87. The molecule has 24 heavy (non-hydrogen) atoms. The molecule has 8 heteroatoms. The van der Waals surface area contributed by atoms with Gasteiger partial charge in [0.25, 0.3) is 0 Å². The van der Waals surface area contributed by atoms with Crippen molar-refractivity contribution in [3.05, 3.63) is 29.8 Å². The number of nitrogens with zero attached hydrogens (tertiary/aromatic N) is 1. The summed E-state index contributed by atoms with van der Waals surface area (Å²) >= 11 is 0. The van der Waals surface area contributed by atoms with Crippen molar-refractivity contribution < 1.29 is 24.5 Å². The van der Waals surface area contributed by atoms with E-state index in [4.69, 9.17) is 15.6 Å². The van der Waals surface area contributed by atoms with Crippen LogP contribution in [0, 0.1) is 5.92 Å². The van der Waals surface area contributed by atoms with Crippen LogP contribution in [0.4, 0.5) is 5.69 Å². The Labute approximate surface area is 147 Å². The third-order valence-electron chi connectivity index (χ3n) is 3.53. The summed E-state index contributed by atoms with van der Waals surface area (Å²) in [5, 5.41) is 18.0. The number of hydrogen-bond acceptors (Lipinski definition) is 6. The molecule has 2 atom stereocenters. The van der Waals surface area contributed by atoms with Crippen molar-refractivity contribution in [3.8, 4) is 0 Å². The smallest absolute Gasteiger partial charge is 0.335 e. The summed E-state index contributed by atoms with van der Waals surface area (Å²) in [4.78, 5) is 23.7. The number of aliphatic hydroxyl groups is 1. The Bertz CT molecular complexity index is 524. The van der Waals surface area contributed by atoms with Gasteiger partial charge in [0.05, 0.1) is 24.2 Å². The van der Waals surface area contributed by atoms with Crippen molar-refractivity contribution in [2.75, 3.05) is 32.5 Å². The first-order chi connectivity index (χ1) is 10.8. The van der Waals surface area contributed by atoms with Crippen LogP contribution in [0.15, 0.2) is 24.3 Å². The van der Waals surface area contributed by atoms with Crippen LogP contribution in [0.2, 0.25) is 0 Å². The number of carboxylic acids is 1. The molecule has 0 spiro atoms. The number of rotatable bonds is 3. The summed E-state index contributed by atoms with van der Waals surface area (Å²) in [6.07, 6.45) is 0.121. The van der Waals surface area contributed by atoms with Gasteiger partial charge in [0.15, 0.2) is 0 Å². The minimum atomic E-state index is -0.931. The number of carboxylic acid groups (broad SMARTS) is 1. The van der Waals surface area contributed by atoms with Gasteiger partial charge in [0, 0.05) is 18.8 Å². The number of carbonyl (C=O) groups is 2. The molecular weight excluding hydrogens is 336 g/mol. The standard InChI is InChI=1S/C9H17NO3.C7H7NO2.ClH/c1-3-13-9(12)7-6-10(2)5-4-8(7)11;8-6-3-1-5(2-4-6)7(9)10;/h7-8,11H,3-6H2,1-2H3;1-4H,8H2,(H,9,10);1H. The fraction of sp³-hybridized carbons (Fsp3) is 0.500. The second-order valence-electron chi connectivity index (χ2n) is 5.40. The summed E-state index contributed by atoms with van der Waals surface area (Å²) in [6, 6.07) is 6.06. The molecule has 7 nitrogen and oxygen atoms in total. The molecule has 1 aromatic carbocycles. The Hall–Kier alpha value is -1.83. The van der Waals surface area contributed by atoms with E-state index in [9.17, 15) is 14.7 Å². The van der Waals surface area contributed by atoms with Crippen molar-refractivity contribution >= 4 is 30.0 Å². The molecule has 1 aliphatic rings. The zero-order valence-electron chi connectivity index (χ0n) is 13.8. The summed E-state index contributed by atoms with van der Waals surface area (Å²) in [5.41, 5.74) is 6.17. The Morgan fingerprint density at radius 2 is 1.92 bits per heavy atom. The van der Waals surface area contributed by atoms with Gasteiger partial charge in [-0.05, 0) is 44.7 Å². The predicted molar refractivity (Wildman–Crippen MR) is 93.3 cm³/mol. The molecular formula is C16H25ClN2O5. The molecule has 1 aromatic rings. The summed E-state index contributed by atoms with van der Waals surface area (Å²) in [7, 11) is 1.94. The Morgan fingerprint density at radius 3 is 2.42 bits per heavy atom. The molecule has 2 unspecified atom stereocenters. The first-order valence-corrected chi connectivity index (χ1v) is 7.47. The van der Waals surface area contributed by atoms with Crippen LogP contribution in [0.25, 0.3) is 0 Å². The lowest BCUT2D eigenvalue weighted by molar-refractivity contribution is -0.154. The zero-order chi connectivity index (χ0) is 17.4. The number of piperidine rings is 1. The molecule has 0 amide bonds. The largest absolute Gasteiger partial charge is 0.478 e.